The molecule has 1 aromatic heterocycles. The van der Waals surface area contributed by atoms with E-state index >= 15 is 0 Å². The van der Waals surface area contributed by atoms with E-state index in [-0.39, 0.29) is 6.10 Å². The highest BCUT2D eigenvalue weighted by molar-refractivity contribution is 6.13. The minimum Gasteiger partial charge on any atom is -0.477 e. The standard InChI is InChI=1S/C18H21N3O4/c1-3-13(2)25-18(24)15(17(22)23)11-19-16-9-10-20-21(16)12-14-7-5-4-6-8-14/h4-11,13,19H,3,12H2,1-2H3,(H,22,23). The Morgan fingerprint density at radius 3 is 2.68 bits per heavy atom. The van der Waals surface area contributed by atoms with Crippen LogP contribution >= 0.6 is 0 Å². The summed E-state index contributed by atoms with van der Waals surface area (Å²) in [7, 11) is 0. The van der Waals surface area contributed by atoms with Gasteiger partial charge in [-0.25, -0.2) is 14.3 Å². The van der Waals surface area contributed by atoms with Crippen LogP contribution in [0.1, 0.15) is 25.8 Å². The first-order valence-corrected chi connectivity index (χ1v) is 7.98. The number of rotatable bonds is 8. The van der Waals surface area contributed by atoms with Gasteiger partial charge in [-0.05, 0) is 18.9 Å². The number of carboxylic acids is 1. The molecule has 1 atom stereocenters. The molecule has 0 amide bonds. The van der Waals surface area contributed by atoms with Crippen molar-refractivity contribution in [1.29, 1.82) is 0 Å². The lowest BCUT2D eigenvalue weighted by atomic mass is 10.2. The quantitative estimate of drug-likeness (QED) is 0.331. The van der Waals surface area contributed by atoms with Crippen LogP contribution in [0.15, 0.2) is 54.4 Å². The Kier molecular flexibility index (Phi) is 6.33. The second kappa shape index (κ2) is 8.68. The molecule has 2 aromatic rings. The van der Waals surface area contributed by atoms with Gasteiger partial charge in [-0.2, -0.15) is 5.10 Å². The van der Waals surface area contributed by atoms with Gasteiger partial charge in [0.1, 0.15) is 5.82 Å². The molecule has 132 valence electrons. The first-order valence-electron chi connectivity index (χ1n) is 7.98. The molecular formula is C18H21N3O4. The molecule has 0 aliphatic heterocycles. The number of carboxylic acid groups (broad SMARTS) is 1. The highest BCUT2D eigenvalue weighted by atomic mass is 16.5. The van der Waals surface area contributed by atoms with Crippen molar-refractivity contribution in [1.82, 2.24) is 9.78 Å². The number of ether oxygens (including phenoxy) is 1. The fourth-order valence-electron chi connectivity index (χ4n) is 2.02. The summed E-state index contributed by atoms with van der Waals surface area (Å²) in [5, 5.41) is 16.3. The van der Waals surface area contributed by atoms with E-state index in [9.17, 15) is 14.7 Å². The lowest BCUT2D eigenvalue weighted by Gasteiger charge is -2.11. The highest BCUT2D eigenvalue weighted by Gasteiger charge is 2.21. The maximum Gasteiger partial charge on any atom is 0.347 e. The van der Waals surface area contributed by atoms with Crippen molar-refractivity contribution < 1.29 is 19.4 Å². The molecule has 0 spiro atoms. The van der Waals surface area contributed by atoms with Crippen LogP contribution in [0.3, 0.4) is 0 Å². The van der Waals surface area contributed by atoms with Crippen molar-refractivity contribution in [3.63, 3.8) is 0 Å². The normalized spacial score (nSPS) is 12.5. The van der Waals surface area contributed by atoms with Gasteiger partial charge in [0.05, 0.1) is 18.8 Å². The molecule has 1 aromatic carbocycles. The zero-order chi connectivity index (χ0) is 18.2. The van der Waals surface area contributed by atoms with Crippen LogP contribution in [0.5, 0.6) is 0 Å². The number of esters is 1. The number of carbonyl (C=O) groups excluding carboxylic acids is 1. The largest absolute Gasteiger partial charge is 0.477 e. The topological polar surface area (TPSA) is 93.5 Å². The van der Waals surface area contributed by atoms with E-state index in [4.69, 9.17) is 4.74 Å². The monoisotopic (exact) mass is 343 g/mol. The van der Waals surface area contributed by atoms with Gasteiger partial charge >= 0.3 is 11.9 Å². The summed E-state index contributed by atoms with van der Waals surface area (Å²) in [4.78, 5) is 23.3. The fraction of sp³-hybridized carbons (Fsp3) is 0.278. The number of hydrogen-bond donors (Lipinski definition) is 2. The number of carbonyl (C=O) groups is 2. The lowest BCUT2D eigenvalue weighted by Crippen LogP contribution is -2.21. The third-order valence-corrected chi connectivity index (χ3v) is 3.59. The zero-order valence-electron chi connectivity index (χ0n) is 14.2. The zero-order valence-corrected chi connectivity index (χ0v) is 14.2. The van der Waals surface area contributed by atoms with Crippen LogP contribution < -0.4 is 5.32 Å². The van der Waals surface area contributed by atoms with Crippen molar-refractivity contribution in [3.8, 4) is 0 Å². The molecule has 0 radical (unpaired) electrons. The SMILES string of the molecule is CCC(C)OC(=O)C(=CNc1ccnn1Cc1ccccc1)C(=O)O. The smallest absolute Gasteiger partial charge is 0.347 e. The van der Waals surface area contributed by atoms with E-state index in [2.05, 4.69) is 10.4 Å². The molecule has 0 bridgehead atoms. The number of aromatic nitrogens is 2. The van der Waals surface area contributed by atoms with Gasteiger partial charge in [0.15, 0.2) is 5.57 Å². The second-order valence-corrected chi connectivity index (χ2v) is 5.49. The fourth-order valence-corrected chi connectivity index (χ4v) is 2.02. The summed E-state index contributed by atoms with van der Waals surface area (Å²) in [5.41, 5.74) is 0.584. The number of benzene rings is 1. The molecule has 0 fully saturated rings. The Balaban J connectivity index is 2.12. The molecule has 7 nitrogen and oxygen atoms in total. The van der Waals surface area contributed by atoms with Crippen LogP contribution in [-0.2, 0) is 20.9 Å². The van der Waals surface area contributed by atoms with Crippen LogP contribution in [0, 0.1) is 0 Å². The molecule has 1 unspecified atom stereocenters. The van der Waals surface area contributed by atoms with Crippen molar-refractivity contribution in [2.45, 2.75) is 32.9 Å². The highest BCUT2D eigenvalue weighted by Crippen LogP contribution is 2.12. The molecule has 0 aliphatic carbocycles. The number of nitrogens with one attached hydrogen (secondary N) is 1. The summed E-state index contributed by atoms with van der Waals surface area (Å²) in [6.07, 6.45) is 2.98. The number of hydrogen-bond acceptors (Lipinski definition) is 5. The first-order chi connectivity index (χ1) is 12.0. The van der Waals surface area contributed by atoms with Crippen molar-refractivity contribution in [2.24, 2.45) is 0 Å². The summed E-state index contributed by atoms with van der Waals surface area (Å²) in [6, 6.07) is 11.4. The molecule has 0 saturated carbocycles. The summed E-state index contributed by atoms with van der Waals surface area (Å²) >= 11 is 0. The predicted molar refractivity (Wildman–Crippen MR) is 93.0 cm³/mol. The van der Waals surface area contributed by atoms with Crippen molar-refractivity contribution in [2.75, 3.05) is 5.32 Å². The lowest BCUT2D eigenvalue weighted by molar-refractivity contribution is -0.147. The maximum atomic E-state index is 12.0. The molecule has 2 N–H and O–H groups in total. The number of nitrogens with zero attached hydrogens (tertiary/aromatic N) is 2. The van der Waals surface area contributed by atoms with Gasteiger partial charge in [0.25, 0.3) is 0 Å². The van der Waals surface area contributed by atoms with Gasteiger partial charge in [-0.15, -0.1) is 0 Å². The van der Waals surface area contributed by atoms with Gasteiger partial charge in [-0.1, -0.05) is 37.3 Å². The molecule has 7 heteroatoms. The Bertz CT molecular complexity index is 753. The third-order valence-electron chi connectivity index (χ3n) is 3.59. The van der Waals surface area contributed by atoms with Crippen LogP contribution in [0.2, 0.25) is 0 Å². The van der Waals surface area contributed by atoms with Crippen molar-refractivity contribution >= 4 is 17.8 Å². The van der Waals surface area contributed by atoms with E-state index in [1.165, 1.54) is 0 Å². The van der Waals surface area contributed by atoms with Crippen LogP contribution in [0.25, 0.3) is 0 Å². The van der Waals surface area contributed by atoms with E-state index in [0.29, 0.717) is 18.8 Å². The Morgan fingerprint density at radius 1 is 1.32 bits per heavy atom. The molecule has 0 saturated heterocycles. The van der Waals surface area contributed by atoms with E-state index in [0.717, 1.165) is 11.8 Å². The molecule has 25 heavy (non-hydrogen) atoms. The van der Waals surface area contributed by atoms with Crippen LogP contribution in [0.4, 0.5) is 5.82 Å². The van der Waals surface area contributed by atoms with E-state index in [1.54, 1.807) is 23.9 Å². The van der Waals surface area contributed by atoms with Gasteiger partial charge in [-0.3, -0.25) is 0 Å². The second-order valence-electron chi connectivity index (χ2n) is 5.49. The van der Waals surface area contributed by atoms with E-state index in [1.807, 2.05) is 37.3 Å². The van der Waals surface area contributed by atoms with Gasteiger partial charge in [0, 0.05) is 12.3 Å². The van der Waals surface area contributed by atoms with E-state index < -0.39 is 17.5 Å². The average Bonchev–Trinajstić information content (AvgIpc) is 3.02. The summed E-state index contributed by atoms with van der Waals surface area (Å²) in [6.45, 7) is 4.08. The Labute approximate surface area is 145 Å². The third kappa shape index (κ3) is 5.20. The summed E-state index contributed by atoms with van der Waals surface area (Å²) < 4.78 is 6.74. The number of anilines is 1. The maximum absolute atomic E-state index is 12.0. The molecule has 1 heterocycles. The van der Waals surface area contributed by atoms with Crippen molar-refractivity contribution in [3.05, 3.63) is 59.9 Å². The van der Waals surface area contributed by atoms with Crippen LogP contribution in [-0.4, -0.2) is 32.9 Å². The summed E-state index contributed by atoms with van der Waals surface area (Å²) in [5.74, 6) is -1.66. The minimum atomic E-state index is -1.35. The first kappa shape index (κ1) is 18.3. The Morgan fingerprint density at radius 2 is 2.04 bits per heavy atom. The number of aliphatic carboxylic acids is 1. The van der Waals surface area contributed by atoms with Gasteiger partial charge in [0.2, 0.25) is 0 Å². The Hall–Kier alpha value is -3.09. The molecule has 2 rings (SSSR count). The molecule has 0 aliphatic rings. The average molecular weight is 343 g/mol. The van der Waals surface area contributed by atoms with Gasteiger partial charge < -0.3 is 15.2 Å². The minimum absolute atomic E-state index is 0.348. The molecular weight excluding hydrogens is 322 g/mol. The predicted octanol–water partition coefficient (Wildman–Crippen LogP) is 2.65.